The maximum absolute atomic E-state index is 13.8. The van der Waals surface area contributed by atoms with Gasteiger partial charge in [-0.1, -0.05) is 5.16 Å². The number of hydrogen-bond donors (Lipinski definition) is 2. The first-order valence-corrected chi connectivity index (χ1v) is 4.80. The van der Waals surface area contributed by atoms with Crippen molar-refractivity contribution in [1.82, 2.24) is 5.16 Å². The number of phenolic OH excluding ortho intramolecular Hbond substituents is 1. The Morgan fingerprint density at radius 1 is 1.50 bits per heavy atom. The molecule has 6 nitrogen and oxygen atoms in total. The molecule has 2 N–H and O–H groups in total. The van der Waals surface area contributed by atoms with E-state index in [-0.39, 0.29) is 17.0 Å². The molecule has 18 heavy (non-hydrogen) atoms. The van der Waals surface area contributed by atoms with Crippen molar-refractivity contribution in [2.45, 2.75) is 0 Å². The number of carboxylic acid groups (broad SMARTS) is 1. The molecule has 0 amide bonds. The van der Waals surface area contributed by atoms with Crippen molar-refractivity contribution in [3.63, 3.8) is 0 Å². The highest BCUT2D eigenvalue weighted by Crippen LogP contribution is 2.35. The number of nitrogens with zero attached hydrogens (tertiary/aromatic N) is 1. The highest BCUT2D eigenvalue weighted by atomic mass is 19.1. The molecule has 0 atom stereocenters. The van der Waals surface area contributed by atoms with Crippen LogP contribution in [0.15, 0.2) is 22.7 Å². The maximum atomic E-state index is 13.8. The van der Waals surface area contributed by atoms with Crippen molar-refractivity contribution in [3.05, 3.63) is 29.8 Å². The Balaban J connectivity index is 2.50. The number of carboxylic acids is 1. The van der Waals surface area contributed by atoms with Gasteiger partial charge in [0.05, 0.1) is 7.11 Å². The molecular formula is C11H8FNO5. The van der Waals surface area contributed by atoms with Gasteiger partial charge in [0.25, 0.3) is 0 Å². The largest absolute Gasteiger partial charge is 0.502 e. The predicted molar refractivity (Wildman–Crippen MR) is 57.1 cm³/mol. The van der Waals surface area contributed by atoms with Crippen LogP contribution in [0.5, 0.6) is 11.5 Å². The first kappa shape index (κ1) is 11.9. The quantitative estimate of drug-likeness (QED) is 0.867. The zero-order valence-corrected chi connectivity index (χ0v) is 9.18. The third kappa shape index (κ3) is 1.86. The number of methoxy groups -OCH3 is 1. The number of rotatable bonds is 3. The number of aromatic nitrogens is 1. The van der Waals surface area contributed by atoms with Crippen LogP contribution >= 0.6 is 0 Å². The van der Waals surface area contributed by atoms with E-state index in [2.05, 4.69) is 9.68 Å². The van der Waals surface area contributed by atoms with Crippen LogP contribution in [0, 0.1) is 5.82 Å². The van der Waals surface area contributed by atoms with Crippen molar-refractivity contribution < 1.29 is 28.7 Å². The Hall–Kier alpha value is -2.57. The van der Waals surface area contributed by atoms with Gasteiger partial charge in [-0.2, -0.15) is 0 Å². The average molecular weight is 253 g/mol. The molecule has 0 aliphatic heterocycles. The van der Waals surface area contributed by atoms with E-state index in [0.717, 1.165) is 6.07 Å². The van der Waals surface area contributed by atoms with E-state index in [4.69, 9.17) is 9.84 Å². The van der Waals surface area contributed by atoms with E-state index in [1.807, 2.05) is 0 Å². The summed E-state index contributed by atoms with van der Waals surface area (Å²) in [5, 5.41) is 21.6. The normalized spacial score (nSPS) is 10.3. The van der Waals surface area contributed by atoms with Gasteiger partial charge in [-0.15, -0.1) is 0 Å². The number of halogens is 1. The highest BCUT2D eigenvalue weighted by Gasteiger charge is 2.19. The van der Waals surface area contributed by atoms with E-state index < -0.39 is 23.3 Å². The zero-order valence-electron chi connectivity index (χ0n) is 9.18. The molecule has 0 fully saturated rings. The Kier molecular flexibility index (Phi) is 2.88. The van der Waals surface area contributed by atoms with Crippen LogP contribution in [0.3, 0.4) is 0 Å². The number of aromatic hydroxyl groups is 1. The molecule has 0 unspecified atom stereocenters. The van der Waals surface area contributed by atoms with Gasteiger partial charge in [0.1, 0.15) is 5.69 Å². The summed E-state index contributed by atoms with van der Waals surface area (Å²) < 4.78 is 23.0. The first-order chi connectivity index (χ1) is 8.54. The molecule has 2 aromatic rings. The summed E-state index contributed by atoms with van der Waals surface area (Å²) in [6.07, 6.45) is 0. The Labute approximate surface area is 100 Å². The highest BCUT2D eigenvalue weighted by molar-refractivity contribution is 5.85. The Bertz CT molecular complexity index is 607. The minimum absolute atomic E-state index is 0.0251. The average Bonchev–Trinajstić information content (AvgIpc) is 2.82. The molecule has 1 aromatic carbocycles. The lowest BCUT2D eigenvalue weighted by Crippen LogP contribution is -1.92. The van der Waals surface area contributed by atoms with Crippen LogP contribution in [-0.2, 0) is 0 Å². The molecule has 0 radical (unpaired) electrons. The summed E-state index contributed by atoms with van der Waals surface area (Å²) in [5.41, 5.74) is -0.104. The van der Waals surface area contributed by atoms with E-state index in [1.54, 1.807) is 0 Å². The number of ether oxygens (including phenoxy) is 1. The van der Waals surface area contributed by atoms with Gasteiger partial charge in [0.2, 0.25) is 5.76 Å². The summed E-state index contributed by atoms with van der Waals surface area (Å²) in [5.74, 6) is -3.39. The van der Waals surface area contributed by atoms with Crippen LogP contribution in [-0.4, -0.2) is 28.4 Å². The van der Waals surface area contributed by atoms with Gasteiger partial charge in [-0.05, 0) is 12.1 Å². The summed E-state index contributed by atoms with van der Waals surface area (Å²) >= 11 is 0. The smallest absolute Gasteiger partial charge is 0.374 e. The van der Waals surface area contributed by atoms with Crippen molar-refractivity contribution >= 4 is 5.97 Å². The monoisotopic (exact) mass is 253 g/mol. The van der Waals surface area contributed by atoms with Gasteiger partial charge >= 0.3 is 5.97 Å². The van der Waals surface area contributed by atoms with E-state index in [0.29, 0.717) is 0 Å². The summed E-state index contributed by atoms with van der Waals surface area (Å²) in [4.78, 5) is 10.6. The van der Waals surface area contributed by atoms with Gasteiger partial charge in [-0.25, -0.2) is 9.18 Å². The second-order valence-corrected chi connectivity index (χ2v) is 3.36. The SMILES string of the molecule is COc1ccc(-c2cc(C(=O)O)on2)c(F)c1O. The maximum Gasteiger partial charge on any atom is 0.374 e. The number of benzene rings is 1. The molecule has 2 rings (SSSR count). The van der Waals surface area contributed by atoms with E-state index in [9.17, 15) is 14.3 Å². The van der Waals surface area contributed by atoms with Gasteiger partial charge < -0.3 is 19.5 Å². The van der Waals surface area contributed by atoms with Crippen molar-refractivity contribution in [1.29, 1.82) is 0 Å². The fourth-order valence-corrected chi connectivity index (χ4v) is 1.41. The third-order valence-electron chi connectivity index (χ3n) is 2.30. The molecule has 94 valence electrons. The molecule has 7 heteroatoms. The molecule has 1 aromatic heterocycles. The fourth-order valence-electron chi connectivity index (χ4n) is 1.41. The van der Waals surface area contributed by atoms with Crippen molar-refractivity contribution in [3.8, 4) is 22.8 Å². The van der Waals surface area contributed by atoms with Crippen LogP contribution in [0.2, 0.25) is 0 Å². The molecule has 0 saturated heterocycles. The first-order valence-electron chi connectivity index (χ1n) is 4.80. The summed E-state index contributed by atoms with van der Waals surface area (Å²) in [6.45, 7) is 0. The molecular weight excluding hydrogens is 245 g/mol. The fraction of sp³-hybridized carbons (Fsp3) is 0.0909. The van der Waals surface area contributed by atoms with Crippen molar-refractivity contribution in [2.24, 2.45) is 0 Å². The lowest BCUT2D eigenvalue weighted by atomic mass is 10.1. The Morgan fingerprint density at radius 3 is 2.78 bits per heavy atom. The lowest BCUT2D eigenvalue weighted by molar-refractivity contribution is 0.0652. The van der Waals surface area contributed by atoms with Crippen molar-refractivity contribution in [2.75, 3.05) is 7.11 Å². The van der Waals surface area contributed by atoms with Crippen LogP contribution < -0.4 is 4.74 Å². The number of aromatic carboxylic acids is 1. The number of carbonyl (C=O) groups is 1. The summed E-state index contributed by atoms with van der Waals surface area (Å²) in [7, 11) is 1.28. The topological polar surface area (TPSA) is 92.8 Å². The third-order valence-corrected chi connectivity index (χ3v) is 2.30. The van der Waals surface area contributed by atoms with Gasteiger partial charge in [0.15, 0.2) is 17.3 Å². The Morgan fingerprint density at radius 2 is 2.22 bits per heavy atom. The molecule has 0 spiro atoms. The van der Waals surface area contributed by atoms with Gasteiger partial charge in [0, 0.05) is 11.6 Å². The lowest BCUT2D eigenvalue weighted by Gasteiger charge is -2.06. The second kappa shape index (κ2) is 4.36. The summed E-state index contributed by atoms with van der Waals surface area (Å²) in [6, 6.07) is 3.70. The molecule has 0 aliphatic rings. The van der Waals surface area contributed by atoms with Gasteiger partial charge in [-0.3, -0.25) is 0 Å². The molecule has 1 heterocycles. The molecule has 0 bridgehead atoms. The standard InChI is InChI=1S/C11H8FNO5/c1-17-7-3-2-5(9(12)10(7)14)6-4-8(11(15)16)18-13-6/h2-4,14H,1H3,(H,15,16). The van der Waals surface area contributed by atoms with Crippen LogP contribution in [0.4, 0.5) is 4.39 Å². The minimum Gasteiger partial charge on any atom is -0.502 e. The van der Waals surface area contributed by atoms with Crippen LogP contribution in [0.1, 0.15) is 10.6 Å². The molecule has 0 saturated carbocycles. The zero-order chi connectivity index (χ0) is 13.3. The van der Waals surface area contributed by atoms with Crippen LogP contribution in [0.25, 0.3) is 11.3 Å². The minimum atomic E-state index is -1.31. The molecule has 0 aliphatic carbocycles. The van der Waals surface area contributed by atoms with E-state index in [1.165, 1.54) is 19.2 Å². The predicted octanol–water partition coefficient (Wildman–Crippen LogP) is 1.89. The number of hydrogen-bond acceptors (Lipinski definition) is 5. The van der Waals surface area contributed by atoms with E-state index >= 15 is 0 Å². The second-order valence-electron chi connectivity index (χ2n) is 3.36. The number of phenols is 1.